The number of thiophene rings is 1. The van der Waals surface area contributed by atoms with Gasteiger partial charge in [0.2, 0.25) is 0 Å². The van der Waals surface area contributed by atoms with Gasteiger partial charge in [0.05, 0.1) is 23.3 Å². The van der Waals surface area contributed by atoms with E-state index in [0.717, 1.165) is 22.5 Å². The molecule has 0 unspecified atom stereocenters. The predicted octanol–water partition coefficient (Wildman–Crippen LogP) is 2.24. The van der Waals surface area contributed by atoms with Gasteiger partial charge in [-0.25, -0.2) is 0 Å². The molecule has 0 spiro atoms. The molecule has 1 aromatic carbocycles. The van der Waals surface area contributed by atoms with Gasteiger partial charge in [0, 0.05) is 13.1 Å². The van der Waals surface area contributed by atoms with Gasteiger partial charge >= 0.3 is 5.97 Å². The summed E-state index contributed by atoms with van der Waals surface area (Å²) in [6.07, 6.45) is 0.697. The number of carbonyl (C=O) groups excluding carboxylic acids is 3. The smallest absolute Gasteiger partial charge is 0.307 e. The van der Waals surface area contributed by atoms with Crippen molar-refractivity contribution < 1.29 is 24.2 Å². The predicted molar refractivity (Wildman–Crippen MR) is 102 cm³/mol. The Hall–Kier alpha value is -2.87. The summed E-state index contributed by atoms with van der Waals surface area (Å²) in [5.41, 5.74) is 1.55. The largest absolute Gasteiger partial charge is 0.508 e. The molecule has 0 aliphatic rings. The third-order valence-electron chi connectivity index (χ3n) is 3.83. The lowest BCUT2D eigenvalue weighted by atomic mass is 10.2. The van der Waals surface area contributed by atoms with E-state index in [2.05, 4.69) is 15.4 Å². The van der Waals surface area contributed by atoms with Gasteiger partial charge in [-0.1, -0.05) is 19.1 Å². The molecular formula is C19H22N2O5S. The van der Waals surface area contributed by atoms with Gasteiger partial charge in [-0.3, -0.25) is 14.4 Å². The lowest BCUT2D eigenvalue weighted by Crippen LogP contribution is -2.26. The number of hydrogen-bond acceptors (Lipinski definition) is 6. The van der Waals surface area contributed by atoms with Crippen LogP contribution in [0.1, 0.15) is 43.8 Å². The maximum atomic E-state index is 12.4. The van der Waals surface area contributed by atoms with Crippen LogP contribution in [0.25, 0.3) is 0 Å². The zero-order chi connectivity index (χ0) is 19.8. The number of benzene rings is 1. The van der Waals surface area contributed by atoms with Gasteiger partial charge < -0.3 is 20.5 Å². The Morgan fingerprint density at radius 2 is 1.93 bits per heavy atom. The molecule has 1 heterocycles. The van der Waals surface area contributed by atoms with Crippen molar-refractivity contribution in [3.63, 3.8) is 0 Å². The number of carbonyl (C=O) groups is 3. The maximum absolute atomic E-state index is 12.4. The number of hydrogen-bond donors (Lipinski definition) is 3. The Kier molecular flexibility index (Phi) is 7.36. The van der Waals surface area contributed by atoms with E-state index >= 15 is 0 Å². The van der Waals surface area contributed by atoms with E-state index < -0.39 is 5.97 Å². The van der Waals surface area contributed by atoms with Crippen molar-refractivity contribution in [1.82, 2.24) is 10.6 Å². The van der Waals surface area contributed by atoms with Crippen LogP contribution in [-0.2, 0) is 22.5 Å². The monoisotopic (exact) mass is 390 g/mol. The number of methoxy groups -OCH3 is 1. The molecule has 0 saturated carbocycles. The molecule has 27 heavy (non-hydrogen) atoms. The Labute approximate surface area is 161 Å². The van der Waals surface area contributed by atoms with Gasteiger partial charge in [-0.05, 0) is 35.7 Å². The van der Waals surface area contributed by atoms with Gasteiger partial charge in [0.1, 0.15) is 5.75 Å². The number of amides is 2. The minimum atomic E-state index is -0.399. The van der Waals surface area contributed by atoms with Gasteiger partial charge in [-0.2, -0.15) is 0 Å². The molecule has 2 amide bonds. The topological polar surface area (TPSA) is 105 Å². The Bertz CT molecular complexity index is 831. The Morgan fingerprint density at radius 1 is 1.15 bits per heavy atom. The summed E-state index contributed by atoms with van der Waals surface area (Å²) in [5.74, 6) is -0.860. The van der Waals surface area contributed by atoms with Crippen LogP contribution in [-0.4, -0.2) is 36.5 Å². The van der Waals surface area contributed by atoms with Crippen LogP contribution in [0.3, 0.4) is 0 Å². The average molecular weight is 390 g/mol. The number of aromatic hydroxyl groups is 1. The van der Waals surface area contributed by atoms with E-state index in [0.29, 0.717) is 16.2 Å². The summed E-state index contributed by atoms with van der Waals surface area (Å²) in [4.78, 5) is 36.7. The number of ether oxygens (including phenoxy) is 1. The molecule has 1 aromatic heterocycles. The molecule has 8 heteroatoms. The Morgan fingerprint density at radius 3 is 2.59 bits per heavy atom. The van der Waals surface area contributed by atoms with Gasteiger partial charge in [-0.15, -0.1) is 11.3 Å². The van der Waals surface area contributed by atoms with Crippen LogP contribution in [0.2, 0.25) is 0 Å². The molecule has 7 nitrogen and oxygen atoms in total. The van der Waals surface area contributed by atoms with E-state index in [-0.39, 0.29) is 37.1 Å². The molecule has 2 rings (SSSR count). The van der Waals surface area contributed by atoms with Crippen molar-refractivity contribution in [1.29, 1.82) is 0 Å². The van der Waals surface area contributed by atoms with Crippen LogP contribution in [0.5, 0.6) is 5.75 Å². The normalized spacial score (nSPS) is 10.3. The van der Waals surface area contributed by atoms with Gasteiger partial charge in [0.25, 0.3) is 11.8 Å². The first kappa shape index (κ1) is 20.4. The second kappa shape index (κ2) is 9.72. The summed E-state index contributed by atoms with van der Waals surface area (Å²) in [5, 5.41) is 14.9. The highest BCUT2D eigenvalue weighted by molar-refractivity contribution is 7.16. The molecule has 0 aliphatic carbocycles. The average Bonchev–Trinajstić information content (AvgIpc) is 3.10. The highest BCUT2D eigenvalue weighted by atomic mass is 32.1. The van der Waals surface area contributed by atoms with Crippen molar-refractivity contribution in [3.8, 4) is 5.75 Å². The molecule has 2 aromatic rings. The number of aryl methyl sites for hydroxylation is 1. The first-order chi connectivity index (χ1) is 12.9. The molecule has 0 saturated heterocycles. The third kappa shape index (κ3) is 5.82. The number of rotatable bonds is 8. The first-order valence-electron chi connectivity index (χ1n) is 8.48. The lowest BCUT2D eigenvalue weighted by Gasteiger charge is -2.04. The second-order valence-electron chi connectivity index (χ2n) is 5.75. The molecule has 144 valence electrons. The van der Waals surface area contributed by atoms with Crippen molar-refractivity contribution in [3.05, 3.63) is 51.2 Å². The van der Waals surface area contributed by atoms with Crippen molar-refractivity contribution in [2.75, 3.05) is 13.7 Å². The van der Waals surface area contributed by atoms with Crippen LogP contribution < -0.4 is 10.6 Å². The highest BCUT2D eigenvalue weighted by Gasteiger charge is 2.19. The van der Waals surface area contributed by atoms with Crippen LogP contribution in [0.15, 0.2) is 30.3 Å². The second-order valence-corrected chi connectivity index (χ2v) is 6.81. The van der Waals surface area contributed by atoms with Crippen molar-refractivity contribution >= 4 is 29.1 Å². The quantitative estimate of drug-likeness (QED) is 0.600. The van der Waals surface area contributed by atoms with E-state index in [4.69, 9.17) is 0 Å². The standard InChI is InChI=1S/C19H22N2O5S/c1-3-13-10-15(18(24)21-11-12-5-4-6-14(22)9-12)27-17(13)19(25)20-8-7-16(23)26-2/h4-6,9-10,22H,3,7-8,11H2,1-2H3,(H,20,25)(H,21,24). The summed E-state index contributed by atoms with van der Waals surface area (Å²) < 4.78 is 4.53. The van der Waals surface area contributed by atoms with Gasteiger partial charge in [0.15, 0.2) is 0 Å². The molecule has 3 N–H and O–H groups in total. The van der Waals surface area contributed by atoms with E-state index in [1.807, 2.05) is 6.92 Å². The molecule has 0 fully saturated rings. The number of phenolic OH excluding ortho intramolecular Hbond substituents is 1. The SMILES string of the molecule is CCc1cc(C(=O)NCc2cccc(O)c2)sc1C(=O)NCCC(=O)OC. The van der Waals surface area contributed by atoms with E-state index in [9.17, 15) is 19.5 Å². The van der Waals surface area contributed by atoms with Crippen LogP contribution in [0.4, 0.5) is 0 Å². The van der Waals surface area contributed by atoms with Crippen LogP contribution >= 0.6 is 11.3 Å². The fourth-order valence-corrected chi connectivity index (χ4v) is 3.48. The Balaban J connectivity index is 2.00. The fraction of sp³-hybridized carbons (Fsp3) is 0.316. The summed E-state index contributed by atoms with van der Waals surface area (Å²) in [6.45, 7) is 2.35. The fourth-order valence-electron chi connectivity index (χ4n) is 2.39. The minimum absolute atomic E-state index is 0.0896. The van der Waals surface area contributed by atoms with Crippen molar-refractivity contribution in [2.45, 2.75) is 26.3 Å². The molecule has 0 radical (unpaired) electrons. The lowest BCUT2D eigenvalue weighted by molar-refractivity contribution is -0.140. The molecule has 0 bridgehead atoms. The van der Waals surface area contributed by atoms with Crippen molar-refractivity contribution in [2.24, 2.45) is 0 Å². The zero-order valence-corrected chi connectivity index (χ0v) is 16.0. The third-order valence-corrected chi connectivity index (χ3v) is 5.00. The summed E-state index contributed by atoms with van der Waals surface area (Å²) in [7, 11) is 1.29. The van der Waals surface area contributed by atoms with Crippen LogP contribution in [0, 0.1) is 0 Å². The molecule has 0 aliphatic heterocycles. The molecule has 0 atom stereocenters. The minimum Gasteiger partial charge on any atom is -0.508 e. The highest BCUT2D eigenvalue weighted by Crippen LogP contribution is 2.23. The molecular weight excluding hydrogens is 368 g/mol. The first-order valence-corrected chi connectivity index (χ1v) is 9.30. The maximum Gasteiger partial charge on any atom is 0.307 e. The van der Waals surface area contributed by atoms with E-state index in [1.165, 1.54) is 7.11 Å². The number of esters is 1. The van der Waals surface area contributed by atoms with E-state index in [1.54, 1.807) is 30.3 Å². The summed E-state index contributed by atoms with van der Waals surface area (Å²) >= 11 is 1.11. The zero-order valence-electron chi connectivity index (χ0n) is 15.2. The summed E-state index contributed by atoms with van der Waals surface area (Å²) in [6, 6.07) is 8.34. The number of phenols is 1. The number of nitrogens with one attached hydrogen (secondary N) is 2.